The molecule has 49 valence electrons. The number of hydrogen-bond donors (Lipinski definition) is 0. The van der Waals surface area contributed by atoms with Crippen LogP contribution in [0.3, 0.4) is 0 Å². The van der Waals surface area contributed by atoms with Crippen molar-refractivity contribution in [2.24, 2.45) is 0 Å². The van der Waals surface area contributed by atoms with E-state index < -0.39 is 0 Å². The van der Waals surface area contributed by atoms with Gasteiger partial charge in [0.1, 0.15) is 0 Å². The van der Waals surface area contributed by atoms with E-state index in [1.165, 1.54) is 0 Å². The highest BCUT2D eigenvalue weighted by atomic mass is 16.5. The Bertz CT molecular complexity index is 37.7. The SMILES string of the molecule is [CH2]C(CCC)OCC. The second-order valence-corrected chi connectivity index (χ2v) is 1.87. The number of hydrogen-bond acceptors (Lipinski definition) is 1. The molecule has 0 fully saturated rings. The average Bonchev–Trinajstić information content (AvgIpc) is 1.68. The Hall–Kier alpha value is -0.0400. The fourth-order valence-corrected chi connectivity index (χ4v) is 0.641. The Kier molecular flexibility index (Phi) is 5.08. The molecular weight excluding hydrogens is 100 g/mol. The van der Waals surface area contributed by atoms with E-state index in [9.17, 15) is 0 Å². The third-order valence-corrected chi connectivity index (χ3v) is 1.01. The van der Waals surface area contributed by atoms with E-state index in [1.54, 1.807) is 0 Å². The summed E-state index contributed by atoms with van der Waals surface area (Å²) >= 11 is 0. The lowest BCUT2D eigenvalue weighted by molar-refractivity contribution is 0.0879. The molecule has 0 saturated heterocycles. The minimum Gasteiger partial charge on any atom is -0.379 e. The molecule has 0 aliphatic rings. The van der Waals surface area contributed by atoms with E-state index in [0.29, 0.717) is 0 Å². The van der Waals surface area contributed by atoms with Gasteiger partial charge in [0.15, 0.2) is 0 Å². The maximum absolute atomic E-state index is 5.17. The molecule has 0 aliphatic heterocycles. The van der Waals surface area contributed by atoms with Gasteiger partial charge < -0.3 is 4.74 Å². The molecule has 0 aromatic heterocycles. The molecule has 0 heterocycles. The molecule has 0 aliphatic carbocycles. The smallest absolute Gasteiger partial charge is 0.0575 e. The molecule has 1 nitrogen and oxygen atoms in total. The predicted octanol–water partition coefficient (Wildman–Crippen LogP) is 2.03. The van der Waals surface area contributed by atoms with Crippen LogP contribution in [-0.2, 0) is 4.74 Å². The zero-order valence-corrected chi connectivity index (χ0v) is 5.81. The summed E-state index contributed by atoms with van der Waals surface area (Å²) in [5.41, 5.74) is 0. The van der Waals surface area contributed by atoms with Gasteiger partial charge in [-0.2, -0.15) is 0 Å². The van der Waals surface area contributed by atoms with Crippen molar-refractivity contribution in [2.45, 2.75) is 32.8 Å². The molecule has 1 heteroatoms. The molecule has 0 aromatic carbocycles. The highest BCUT2D eigenvalue weighted by molar-refractivity contribution is 4.56. The lowest BCUT2D eigenvalue weighted by Gasteiger charge is -2.07. The van der Waals surface area contributed by atoms with Gasteiger partial charge in [0.2, 0.25) is 0 Å². The molecule has 1 unspecified atom stereocenters. The summed E-state index contributed by atoms with van der Waals surface area (Å²) in [6.07, 6.45) is 2.45. The first-order chi connectivity index (χ1) is 3.81. The van der Waals surface area contributed by atoms with Crippen LogP contribution in [0.5, 0.6) is 0 Å². The summed E-state index contributed by atoms with van der Waals surface area (Å²) in [4.78, 5) is 0. The summed E-state index contributed by atoms with van der Waals surface area (Å²) in [6, 6.07) is 0. The molecule has 0 aromatic rings. The Balaban J connectivity index is 2.92. The van der Waals surface area contributed by atoms with Crippen LogP contribution in [0.25, 0.3) is 0 Å². The molecule has 0 N–H and O–H groups in total. The van der Waals surface area contributed by atoms with Crippen molar-refractivity contribution in [3.05, 3.63) is 6.92 Å². The second kappa shape index (κ2) is 5.10. The highest BCUT2D eigenvalue weighted by Crippen LogP contribution is 1.98. The van der Waals surface area contributed by atoms with Crippen LogP contribution in [0.1, 0.15) is 26.7 Å². The lowest BCUT2D eigenvalue weighted by atomic mass is 10.2. The highest BCUT2D eigenvalue weighted by Gasteiger charge is 1.95. The zero-order chi connectivity index (χ0) is 6.41. The van der Waals surface area contributed by atoms with Crippen LogP contribution in [0.4, 0.5) is 0 Å². The van der Waals surface area contributed by atoms with Crippen LogP contribution in [0.2, 0.25) is 0 Å². The third-order valence-electron chi connectivity index (χ3n) is 1.01. The molecule has 1 radical (unpaired) electrons. The first kappa shape index (κ1) is 7.96. The van der Waals surface area contributed by atoms with Gasteiger partial charge in [0.25, 0.3) is 0 Å². The first-order valence-corrected chi connectivity index (χ1v) is 3.26. The van der Waals surface area contributed by atoms with E-state index in [2.05, 4.69) is 13.8 Å². The molecular formula is C7H15O. The zero-order valence-electron chi connectivity index (χ0n) is 5.81. The molecule has 0 saturated carbocycles. The summed E-state index contributed by atoms with van der Waals surface area (Å²) < 4.78 is 5.17. The fourth-order valence-electron chi connectivity index (χ4n) is 0.641. The lowest BCUT2D eigenvalue weighted by Crippen LogP contribution is -2.06. The van der Waals surface area contributed by atoms with Gasteiger partial charge in [-0.15, -0.1) is 0 Å². The summed E-state index contributed by atoms with van der Waals surface area (Å²) in [6.45, 7) is 8.71. The predicted molar refractivity (Wildman–Crippen MR) is 35.7 cm³/mol. The van der Waals surface area contributed by atoms with Crippen LogP contribution in [0, 0.1) is 6.92 Å². The molecule has 0 bridgehead atoms. The Morgan fingerprint density at radius 3 is 2.50 bits per heavy atom. The van der Waals surface area contributed by atoms with Gasteiger partial charge in [-0.05, 0) is 20.3 Å². The first-order valence-electron chi connectivity index (χ1n) is 3.26. The van der Waals surface area contributed by atoms with Crippen molar-refractivity contribution in [1.29, 1.82) is 0 Å². The standard InChI is InChI=1S/C7H15O/c1-4-6-7(3)8-5-2/h7H,3-6H2,1-2H3. The topological polar surface area (TPSA) is 9.23 Å². The minimum absolute atomic E-state index is 0.213. The van der Waals surface area contributed by atoms with Gasteiger partial charge in [0.05, 0.1) is 6.10 Å². The summed E-state index contributed by atoms with van der Waals surface area (Å²) in [5.74, 6) is 0. The van der Waals surface area contributed by atoms with Crippen molar-refractivity contribution in [3.63, 3.8) is 0 Å². The van der Waals surface area contributed by atoms with Crippen LogP contribution >= 0.6 is 0 Å². The van der Waals surface area contributed by atoms with Gasteiger partial charge in [-0.25, -0.2) is 0 Å². The average molecular weight is 115 g/mol. The Morgan fingerprint density at radius 1 is 1.50 bits per heavy atom. The summed E-state index contributed by atoms with van der Waals surface area (Å²) in [5, 5.41) is 0. The van der Waals surface area contributed by atoms with Crippen molar-refractivity contribution in [3.8, 4) is 0 Å². The van der Waals surface area contributed by atoms with E-state index in [0.717, 1.165) is 19.4 Å². The van der Waals surface area contributed by atoms with E-state index in [-0.39, 0.29) is 6.10 Å². The normalized spacial score (nSPS) is 13.9. The Labute approximate surface area is 52.0 Å². The van der Waals surface area contributed by atoms with Crippen molar-refractivity contribution in [1.82, 2.24) is 0 Å². The molecule has 1 atom stereocenters. The van der Waals surface area contributed by atoms with Crippen LogP contribution < -0.4 is 0 Å². The molecule has 0 spiro atoms. The second-order valence-electron chi connectivity index (χ2n) is 1.87. The fraction of sp³-hybridized carbons (Fsp3) is 0.857. The summed E-state index contributed by atoms with van der Waals surface area (Å²) in [7, 11) is 0. The number of ether oxygens (including phenoxy) is 1. The monoisotopic (exact) mass is 115 g/mol. The molecule has 8 heavy (non-hydrogen) atoms. The van der Waals surface area contributed by atoms with Crippen molar-refractivity contribution >= 4 is 0 Å². The third kappa shape index (κ3) is 4.13. The molecule has 0 amide bonds. The van der Waals surface area contributed by atoms with Crippen molar-refractivity contribution < 1.29 is 4.74 Å². The van der Waals surface area contributed by atoms with Gasteiger partial charge in [-0.3, -0.25) is 0 Å². The maximum Gasteiger partial charge on any atom is 0.0575 e. The van der Waals surface area contributed by atoms with Crippen LogP contribution in [-0.4, -0.2) is 12.7 Å². The Morgan fingerprint density at radius 2 is 2.12 bits per heavy atom. The number of rotatable bonds is 4. The van der Waals surface area contributed by atoms with E-state index in [4.69, 9.17) is 4.74 Å². The minimum atomic E-state index is 0.213. The van der Waals surface area contributed by atoms with Gasteiger partial charge in [0, 0.05) is 6.61 Å². The van der Waals surface area contributed by atoms with Gasteiger partial charge >= 0.3 is 0 Å². The quantitative estimate of drug-likeness (QED) is 0.544. The largest absolute Gasteiger partial charge is 0.379 e. The van der Waals surface area contributed by atoms with Crippen molar-refractivity contribution in [2.75, 3.05) is 6.61 Å². The van der Waals surface area contributed by atoms with E-state index in [1.807, 2.05) is 6.92 Å². The molecule has 0 rings (SSSR count). The van der Waals surface area contributed by atoms with Gasteiger partial charge in [-0.1, -0.05) is 13.3 Å². The maximum atomic E-state index is 5.17. The van der Waals surface area contributed by atoms with E-state index >= 15 is 0 Å². The van der Waals surface area contributed by atoms with Crippen LogP contribution in [0.15, 0.2) is 0 Å².